The fraction of sp³-hybridized carbons (Fsp3) is 0.900. The first-order valence-corrected chi connectivity index (χ1v) is 5.14. The number of rotatable bonds is 3. The quantitative estimate of drug-likeness (QED) is 0.512. The van der Waals surface area contributed by atoms with Gasteiger partial charge in [-0.15, -0.1) is 0 Å². The second kappa shape index (κ2) is 4.49. The van der Waals surface area contributed by atoms with E-state index in [4.69, 9.17) is 5.73 Å². The number of aliphatic imine (C=N–C) groups is 1. The minimum absolute atomic E-state index is 0.575. The van der Waals surface area contributed by atoms with Gasteiger partial charge in [-0.25, -0.2) is 0 Å². The van der Waals surface area contributed by atoms with Crippen molar-refractivity contribution in [3.63, 3.8) is 0 Å². The lowest BCUT2D eigenvalue weighted by molar-refractivity contribution is 0.267. The maximum atomic E-state index is 5.72. The van der Waals surface area contributed by atoms with Crippen molar-refractivity contribution in [1.29, 1.82) is 0 Å². The molecule has 1 fully saturated rings. The van der Waals surface area contributed by atoms with E-state index in [1.165, 1.54) is 12.8 Å². The zero-order valence-electron chi connectivity index (χ0n) is 8.88. The largest absolute Gasteiger partial charge is 0.370 e. The maximum absolute atomic E-state index is 5.72. The van der Waals surface area contributed by atoms with Crippen LogP contribution in [0, 0.1) is 11.8 Å². The topological polar surface area (TPSA) is 50.4 Å². The highest BCUT2D eigenvalue weighted by Crippen LogP contribution is 2.25. The third-order valence-corrected chi connectivity index (χ3v) is 2.35. The van der Waals surface area contributed by atoms with Gasteiger partial charge in [0.05, 0.1) is 0 Å². The van der Waals surface area contributed by atoms with Crippen molar-refractivity contribution < 1.29 is 0 Å². The molecule has 0 aromatic carbocycles. The highest BCUT2D eigenvalue weighted by Gasteiger charge is 2.25. The molecule has 3 N–H and O–H groups in total. The molecular weight excluding hydrogens is 162 g/mol. The summed E-state index contributed by atoms with van der Waals surface area (Å²) >= 11 is 0. The summed E-state index contributed by atoms with van der Waals surface area (Å²) in [6.07, 6.45) is 2.47. The minimum Gasteiger partial charge on any atom is -0.370 e. The van der Waals surface area contributed by atoms with E-state index in [-0.39, 0.29) is 0 Å². The molecule has 3 nitrogen and oxygen atoms in total. The van der Waals surface area contributed by atoms with Gasteiger partial charge in [0.1, 0.15) is 0 Å². The molecule has 0 unspecified atom stereocenters. The third kappa shape index (κ3) is 3.66. The molecule has 1 saturated carbocycles. The highest BCUT2D eigenvalue weighted by molar-refractivity contribution is 5.78. The fourth-order valence-electron chi connectivity index (χ4n) is 1.56. The zero-order valence-corrected chi connectivity index (χ0v) is 8.88. The summed E-state index contributed by atoms with van der Waals surface area (Å²) in [4.78, 5) is 4.25. The van der Waals surface area contributed by atoms with E-state index < -0.39 is 0 Å². The van der Waals surface area contributed by atoms with Crippen LogP contribution in [0.2, 0.25) is 0 Å². The molecule has 1 aliphatic carbocycles. The van der Waals surface area contributed by atoms with Gasteiger partial charge in [-0.1, -0.05) is 20.8 Å². The first-order chi connectivity index (χ1) is 6.08. The van der Waals surface area contributed by atoms with Crippen LogP contribution in [0.1, 0.15) is 33.6 Å². The normalized spacial score (nSPS) is 28.8. The summed E-state index contributed by atoms with van der Waals surface area (Å²) in [5.41, 5.74) is 5.72. The third-order valence-electron chi connectivity index (χ3n) is 2.35. The van der Waals surface area contributed by atoms with Crippen LogP contribution in [-0.2, 0) is 0 Å². The molecule has 0 aromatic heterocycles. The molecule has 0 amide bonds. The minimum atomic E-state index is 0.575. The summed E-state index contributed by atoms with van der Waals surface area (Å²) in [5, 5.41) is 3.23. The van der Waals surface area contributed by atoms with Gasteiger partial charge in [0.15, 0.2) is 5.96 Å². The molecule has 0 radical (unpaired) electrons. The SMILES string of the molecule is CC(C)CN=C(N)NC1CC(C)C1. The van der Waals surface area contributed by atoms with Crippen LogP contribution >= 0.6 is 0 Å². The maximum Gasteiger partial charge on any atom is 0.188 e. The lowest BCUT2D eigenvalue weighted by Gasteiger charge is -2.33. The monoisotopic (exact) mass is 183 g/mol. The Kier molecular flexibility index (Phi) is 3.58. The van der Waals surface area contributed by atoms with Crippen LogP contribution in [0.15, 0.2) is 4.99 Å². The predicted molar refractivity (Wildman–Crippen MR) is 56.6 cm³/mol. The van der Waals surface area contributed by atoms with E-state index in [0.29, 0.717) is 17.9 Å². The van der Waals surface area contributed by atoms with Gasteiger partial charge in [-0.2, -0.15) is 0 Å². The van der Waals surface area contributed by atoms with Crippen LogP contribution in [-0.4, -0.2) is 18.5 Å². The van der Waals surface area contributed by atoms with E-state index in [1.54, 1.807) is 0 Å². The van der Waals surface area contributed by atoms with Crippen molar-refractivity contribution in [2.45, 2.75) is 39.7 Å². The van der Waals surface area contributed by atoms with Crippen LogP contribution < -0.4 is 11.1 Å². The van der Waals surface area contributed by atoms with Gasteiger partial charge in [-0.05, 0) is 24.7 Å². The lowest BCUT2D eigenvalue weighted by atomic mass is 9.82. The first-order valence-electron chi connectivity index (χ1n) is 5.14. The fourth-order valence-corrected chi connectivity index (χ4v) is 1.56. The Balaban J connectivity index is 2.17. The molecule has 76 valence electrons. The van der Waals surface area contributed by atoms with Crippen LogP contribution in [0.4, 0.5) is 0 Å². The first kappa shape index (κ1) is 10.4. The second-order valence-corrected chi connectivity index (χ2v) is 4.54. The molecule has 0 spiro atoms. The summed E-state index contributed by atoms with van der Waals surface area (Å²) in [6, 6.07) is 0.575. The van der Waals surface area contributed by atoms with Gasteiger partial charge < -0.3 is 11.1 Å². The van der Waals surface area contributed by atoms with Crippen molar-refractivity contribution in [3.8, 4) is 0 Å². The van der Waals surface area contributed by atoms with Crippen molar-refractivity contribution >= 4 is 5.96 Å². The molecule has 1 aliphatic rings. The summed E-state index contributed by atoms with van der Waals surface area (Å²) in [7, 11) is 0. The van der Waals surface area contributed by atoms with E-state index in [2.05, 4.69) is 31.1 Å². The van der Waals surface area contributed by atoms with Gasteiger partial charge in [0, 0.05) is 12.6 Å². The van der Waals surface area contributed by atoms with Crippen molar-refractivity contribution in [2.75, 3.05) is 6.54 Å². The van der Waals surface area contributed by atoms with Gasteiger partial charge in [0.25, 0.3) is 0 Å². The number of nitrogens with zero attached hydrogens (tertiary/aromatic N) is 1. The molecular formula is C10H21N3. The van der Waals surface area contributed by atoms with E-state index >= 15 is 0 Å². The van der Waals surface area contributed by atoms with E-state index in [9.17, 15) is 0 Å². The number of nitrogens with one attached hydrogen (secondary N) is 1. The summed E-state index contributed by atoms with van der Waals surface area (Å²) < 4.78 is 0. The molecule has 0 aromatic rings. The van der Waals surface area contributed by atoms with Crippen LogP contribution in [0.5, 0.6) is 0 Å². The van der Waals surface area contributed by atoms with Crippen LogP contribution in [0.3, 0.4) is 0 Å². The molecule has 0 heterocycles. The molecule has 0 bridgehead atoms. The Morgan fingerprint density at radius 1 is 1.54 bits per heavy atom. The molecule has 0 saturated heterocycles. The highest BCUT2D eigenvalue weighted by atomic mass is 15.1. The van der Waals surface area contributed by atoms with Gasteiger partial charge in [-0.3, -0.25) is 4.99 Å². The number of guanidine groups is 1. The van der Waals surface area contributed by atoms with Crippen molar-refractivity contribution in [1.82, 2.24) is 5.32 Å². The standard InChI is InChI=1S/C10H21N3/c1-7(2)6-12-10(11)13-9-4-8(3)5-9/h7-9H,4-6H2,1-3H3,(H3,11,12,13). The Morgan fingerprint density at radius 3 is 2.62 bits per heavy atom. The second-order valence-electron chi connectivity index (χ2n) is 4.54. The number of nitrogens with two attached hydrogens (primary N) is 1. The number of hydrogen-bond acceptors (Lipinski definition) is 1. The average molecular weight is 183 g/mol. The Bertz CT molecular complexity index is 181. The Morgan fingerprint density at radius 2 is 2.15 bits per heavy atom. The van der Waals surface area contributed by atoms with Crippen molar-refractivity contribution in [2.24, 2.45) is 22.6 Å². The number of hydrogen-bond donors (Lipinski definition) is 2. The predicted octanol–water partition coefficient (Wildman–Crippen LogP) is 1.35. The van der Waals surface area contributed by atoms with Crippen molar-refractivity contribution in [3.05, 3.63) is 0 Å². The Hall–Kier alpha value is -0.730. The summed E-state index contributed by atoms with van der Waals surface area (Å²) in [5.74, 6) is 2.06. The summed E-state index contributed by atoms with van der Waals surface area (Å²) in [6.45, 7) is 7.37. The van der Waals surface area contributed by atoms with Crippen LogP contribution in [0.25, 0.3) is 0 Å². The zero-order chi connectivity index (χ0) is 9.84. The van der Waals surface area contributed by atoms with E-state index in [1.807, 2.05) is 0 Å². The smallest absolute Gasteiger partial charge is 0.188 e. The molecule has 13 heavy (non-hydrogen) atoms. The lowest BCUT2D eigenvalue weighted by Crippen LogP contribution is -2.46. The van der Waals surface area contributed by atoms with Gasteiger partial charge in [0.2, 0.25) is 0 Å². The van der Waals surface area contributed by atoms with Gasteiger partial charge >= 0.3 is 0 Å². The molecule has 0 atom stereocenters. The molecule has 3 heteroatoms. The Labute approximate surface area is 80.8 Å². The average Bonchev–Trinajstić information content (AvgIpc) is 1.98. The molecule has 1 rings (SSSR count). The molecule has 0 aliphatic heterocycles. The van der Waals surface area contributed by atoms with E-state index in [0.717, 1.165) is 12.5 Å².